The number of benzene rings is 1. The van der Waals surface area contributed by atoms with Gasteiger partial charge in [-0.1, -0.05) is 47.0 Å². The highest BCUT2D eigenvalue weighted by atomic mass is 32.2. The van der Waals surface area contributed by atoms with Crippen LogP contribution in [0.1, 0.15) is 5.01 Å². The smallest absolute Gasteiger partial charge is 0.248 e. The van der Waals surface area contributed by atoms with Crippen molar-refractivity contribution in [3.8, 4) is 0 Å². The van der Waals surface area contributed by atoms with Crippen LogP contribution in [-0.2, 0) is 9.59 Å². The number of fused-ring (bicyclic) bond motifs is 1. The second-order valence-electron chi connectivity index (χ2n) is 4.71. The van der Waals surface area contributed by atoms with Crippen LogP contribution in [0, 0.1) is 6.92 Å². The molecule has 0 saturated carbocycles. The highest BCUT2D eigenvalue weighted by Crippen LogP contribution is 2.29. The molecular weight excluding hydrogens is 398 g/mol. The van der Waals surface area contributed by atoms with Gasteiger partial charge in [-0.2, -0.15) is 0 Å². The van der Waals surface area contributed by atoms with E-state index < -0.39 is 0 Å². The van der Waals surface area contributed by atoms with Gasteiger partial charge in [-0.3, -0.25) is 20.4 Å². The fourth-order valence-electron chi connectivity index (χ4n) is 1.72. The largest absolute Gasteiger partial charge is 0.272 e. The van der Waals surface area contributed by atoms with Crippen molar-refractivity contribution in [3.05, 3.63) is 29.3 Å². The Labute approximate surface area is 160 Å². The van der Waals surface area contributed by atoms with E-state index in [0.29, 0.717) is 0 Å². The minimum atomic E-state index is -0.295. The molecule has 0 radical (unpaired) electrons. The van der Waals surface area contributed by atoms with Crippen molar-refractivity contribution in [2.75, 3.05) is 11.5 Å². The zero-order valence-corrected chi connectivity index (χ0v) is 16.3. The fraction of sp³-hybridized carbons (Fsp3) is 0.214. The maximum atomic E-state index is 11.8. The maximum absolute atomic E-state index is 11.8. The Morgan fingerprint density at radius 2 is 1.68 bits per heavy atom. The van der Waals surface area contributed by atoms with Crippen LogP contribution in [0.2, 0.25) is 0 Å². The van der Waals surface area contributed by atoms with Crippen molar-refractivity contribution >= 4 is 68.2 Å². The van der Waals surface area contributed by atoms with Crippen molar-refractivity contribution in [1.29, 1.82) is 0 Å². The van der Waals surface area contributed by atoms with E-state index in [2.05, 4.69) is 26.0 Å². The highest BCUT2D eigenvalue weighted by molar-refractivity contribution is 8.02. The van der Waals surface area contributed by atoms with Crippen LogP contribution < -0.4 is 10.9 Å². The second-order valence-corrected chi connectivity index (χ2v) is 9.37. The standard InChI is InChI=1S/C14H13N5O2S4/c1-8-16-19-14(24-8)23-7-12(21)18-17-11(20)6-22-13-15-9-4-2-3-5-10(9)25-13/h2-5H,6-7H2,1H3,(H,17,20)(H,18,21). The van der Waals surface area contributed by atoms with E-state index in [9.17, 15) is 9.59 Å². The molecule has 3 rings (SSSR count). The number of aromatic nitrogens is 3. The first-order chi connectivity index (χ1) is 12.1. The number of hydrazine groups is 1. The lowest BCUT2D eigenvalue weighted by atomic mass is 10.3. The van der Waals surface area contributed by atoms with Gasteiger partial charge in [-0.05, 0) is 19.1 Å². The minimum Gasteiger partial charge on any atom is -0.272 e. The molecular formula is C14H13N5O2S4. The normalized spacial score (nSPS) is 10.8. The van der Waals surface area contributed by atoms with Crippen molar-refractivity contribution in [2.24, 2.45) is 0 Å². The summed E-state index contributed by atoms with van der Waals surface area (Å²) in [7, 11) is 0. The number of rotatable bonds is 6. The quantitative estimate of drug-likeness (QED) is 0.475. The molecule has 1 aromatic carbocycles. The van der Waals surface area contributed by atoms with Crippen LogP contribution in [0.4, 0.5) is 0 Å². The predicted octanol–water partition coefficient (Wildman–Crippen LogP) is 2.49. The van der Waals surface area contributed by atoms with Gasteiger partial charge >= 0.3 is 0 Å². The topological polar surface area (TPSA) is 96.9 Å². The molecule has 0 atom stereocenters. The molecule has 0 bridgehead atoms. The van der Waals surface area contributed by atoms with E-state index in [0.717, 1.165) is 23.9 Å². The molecule has 2 N–H and O–H groups in total. The number of nitrogens with zero attached hydrogens (tertiary/aromatic N) is 3. The van der Waals surface area contributed by atoms with Gasteiger partial charge in [0.2, 0.25) is 11.8 Å². The summed E-state index contributed by atoms with van der Waals surface area (Å²) < 4.78 is 2.64. The highest BCUT2D eigenvalue weighted by Gasteiger charge is 2.10. The number of hydrogen-bond donors (Lipinski definition) is 2. The summed E-state index contributed by atoms with van der Waals surface area (Å²) in [4.78, 5) is 28.0. The molecule has 25 heavy (non-hydrogen) atoms. The van der Waals surface area contributed by atoms with E-state index in [4.69, 9.17) is 0 Å². The fourth-order valence-corrected chi connectivity index (χ4v) is 5.20. The Kier molecular flexibility index (Phi) is 6.24. The Morgan fingerprint density at radius 3 is 2.32 bits per heavy atom. The molecule has 11 heteroatoms. The molecule has 0 unspecified atom stereocenters. The lowest BCUT2D eigenvalue weighted by Gasteiger charge is -2.05. The average Bonchev–Trinajstić information content (AvgIpc) is 3.21. The Morgan fingerprint density at radius 1 is 1.00 bits per heavy atom. The Bertz CT molecular complexity index is 861. The lowest BCUT2D eigenvalue weighted by molar-refractivity contribution is -0.126. The van der Waals surface area contributed by atoms with Crippen LogP contribution in [0.3, 0.4) is 0 Å². The van der Waals surface area contributed by atoms with Gasteiger partial charge in [0.05, 0.1) is 21.7 Å². The molecule has 0 saturated heterocycles. The SMILES string of the molecule is Cc1nnc(SCC(=O)NNC(=O)CSc2nc3ccccc3s2)s1. The number of hydrogen-bond acceptors (Lipinski definition) is 9. The molecule has 2 aromatic heterocycles. The van der Waals surface area contributed by atoms with Crippen molar-refractivity contribution in [1.82, 2.24) is 26.0 Å². The van der Waals surface area contributed by atoms with Crippen LogP contribution in [-0.4, -0.2) is 38.5 Å². The summed E-state index contributed by atoms with van der Waals surface area (Å²) in [6.07, 6.45) is 0. The number of carbonyl (C=O) groups is 2. The summed E-state index contributed by atoms with van der Waals surface area (Å²) in [5, 5.41) is 8.65. The number of carbonyl (C=O) groups excluding carboxylic acids is 2. The summed E-state index contributed by atoms with van der Waals surface area (Å²) in [5.41, 5.74) is 5.71. The molecule has 0 aliphatic rings. The van der Waals surface area contributed by atoms with Gasteiger partial charge in [0.15, 0.2) is 8.68 Å². The van der Waals surface area contributed by atoms with Gasteiger partial charge in [-0.15, -0.1) is 21.5 Å². The molecule has 0 aliphatic carbocycles. The van der Waals surface area contributed by atoms with Gasteiger partial charge in [0.25, 0.3) is 0 Å². The van der Waals surface area contributed by atoms with E-state index in [1.165, 1.54) is 34.9 Å². The zero-order chi connectivity index (χ0) is 17.6. The van der Waals surface area contributed by atoms with Crippen LogP contribution in [0.5, 0.6) is 0 Å². The predicted molar refractivity (Wildman–Crippen MR) is 102 cm³/mol. The summed E-state index contributed by atoms with van der Waals surface area (Å²) >= 11 is 5.59. The minimum absolute atomic E-state index is 0.167. The van der Waals surface area contributed by atoms with Crippen LogP contribution in [0.15, 0.2) is 32.9 Å². The number of nitrogens with one attached hydrogen (secondary N) is 2. The number of para-hydroxylation sites is 1. The van der Waals surface area contributed by atoms with Crippen molar-refractivity contribution < 1.29 is 9.59 Å². The van der Waals surface area contributed by atoms with E-state index in [-0.39, 0.29) is 23.3 Å². The maximum Gasteiger partial charge on any atom is 0.248 e. The van der Waals surface area contributed by atoms with E-state index in [1.807, 2.05) is 31.2 Å². The number of aryl methyl sites for hydroxylation is 1. The lowest BCUT2D eigenvalue weighted by Crippen LogP contribution is -2.43. The average molecular weight is 412 g/mol. The first-order valence-corrected chi connectivity index (χ1v) is 10.7. The molecule has 3 aromatic rings. The molecule has 0 spiro atoms. The first-order valence-electron chi connectivity index (χ1n) is 7.09. The third-order valence-electron chi connectivity index (χ3n) is 2.78. The first kappa shape index (κ1) is 18.1. The molecule has 130 valence electrons. The Balaban J connectivity index is 1.38. The van der Waals surface area contributed by atoms with Crippen molar-refractivity contribution in [3.63, 3.8) is 0 Å². The van der Waals surface area contributed by atoms with Crippen LogP contribution in [0.25, 0.3) is 10.2 Å². The van der Waals surface area contributed by atoms with Gasteiger partial charge in [-0.25, -0.2) is 4.98 Å². The third kappa shape index (κ3) is 5.39. The number of thiazole rings is 1. The van der Waals surface area contributed by atoms with Gasteiger partial charge < -0.3 is 0 Å². The third-order valence-corrected chi connectivity index (χ3v) is 6.93. The zero-order valence-electron chi connectivity index (χ0n) is 13.0. The molecule has 2 amide bonds. The second kappa shape index (κ2) is 8.61. The number of thioether (sulfide) groups is 2. The summed E-state index contributed by atoms with van der Waals surface area (Å²) in [6, 6.07) is 7.82. The van der Waals surface area contributed by atoms with Crippen molar-refractivity contribution in [2.45, 2.75) is 15.6 Å². The summed E-state index contributed by atoms with van der Waals surface area (Å²) in [5.74, 6) is -0.228. The molecule has 0 aliphatic heterocycles. The van der Waals surface area contributed by atoms with Gasteiger partial charge in [0, 0.05) is 0 Å². The summed E-state index contributed by atoms with van der Waals surface area (Å²) in [6.45, 7) is 1.85. The molecule has 7 nitrogen and oxygen atoms in total. The molecule has 2 heterocycles. The van der Waals surface area contributed by atoms with Gasteiger partial charge in [0.1, 0.15) is 5.01 Å². The Hall–Kier alpha value is -1.69. The molecule has 0 fully saturated rings. The monoisotopic (exact) mass is 411 g/mol. The van der Waals surface area contributed by atoms with E-state index in [1.54, 1.807) is 11.3 Å². The van der Waals surface area contributed by atoms with Crippen LogP contribution >= 0.6 is 46.2 Å². The van der Waals surface area contributed by atoms with E-state index >= 15 is 0 Å². The number of amides is 2.